The molecule has 3 nitrogen and oxygen atoms in total. The first kappa shape index (κ1) is 10.7. The van der Waals surface area contributed by atoms with E-state index in [0.717, 1.165) is 23.6 Å². The van der Waals surface area contributed by atoms with Crippen LogP contribution in [-0.4, -0.2) is 18.0 Å². The molecule has 1 aliphatic heterocycles. The van der Waals surface area contributed by atoms with Gasteiger partial charge in [0, 0.05) is 12.1 Å². The molecule has 2 rings (SSSR count). The van der Waals surface area contributed by atoms with Crippen LogP contribution in [-0.2, 0) is 13.1 Å². The number of piperidine rings is 1. The average Bonchev–Trinajstić information content (AvgIpc) is 2.60. The van der Waals surface area contributed by atoms with E-state index in [9.17, 15) is 0 Å². The van der Waals surface area contributed by atoms with Crippen molar-refractivity contribution in [1.29, 1.82) is 0 Å². The lowest BCUT2D eigenvalue weighted by Gasteiger charge is -2.25. The molecule has 0 bridgehead atoms. The van der Waals surface area contributed by atoms with Crippen molar-refractivity contribution in [3.05, 3.63) is 23.2 Å². The first-order valence-electron chi connectivity index (χ1n) is 5.80. The zero-order valence-electron chi connectivity index (χ0n) is 9.46. The molecule has 0 aromatic carbocycles. The molecule has 0 spiro atoms. The summed E-state index contributed by atoms with van der Waals surface area (Å²) in [5.41, 5.74) is 6.76. The molecule has 1 aromatic heterocycles. The first-order chi connectivity index (χ1) is 7.29. The zero-order valence-corrected chi connectivity index (χ0v) is 9.46. The summed E-state index contributed by atoms with van der Waals surface area (Å²) in [7, 11) is 0. The van der Waals surface area contributed by atoms with Gasteiger partial charge < -0.3 is 10.2 Å². The number of furan rings is 1. The second-order valence-corrected chi connectivity index (χ2v) is 4.34. The number of nitrogens with zero attached hydrogens (tertiary/aromatic N) is 1. The van der Waals surface area contributed by atoms with E-state index in [1.54, 1.807) is 0 Å². The standard InChI is InChI=1S/C12H20N2O/c1-10-11(8-13)7-12(15-10)9-14-5-3-2-4-6-14/h7H,2-6,8-9,13H2,1H3. The van der Waals surface area contributed by atoms with Gasteiger partial charge in [0.25, 0.3) is 0 Å². The molecule has 0 saturated carbocycles. The van der Waals surface area contributed by atoms with Crippen molar-refractivity contribution in [1.82, 2.24) is 4.90 Å². The highest BCUT2D eigenvalue weighted by Crippen LogP contribution is 2.18. The lowest BCUT2D eigenvalue weighted by Crippen LogP contribution is -2.28. The lowest BCUT2D eigenvalue weighted by atomic mass is 10.1. The molecule has 2 heterocycles. The van der Waals surface area contributed by atoms with Gasteiger partial charge in [-0.15, -0.1) is 0 Å². The van der Waals surface area contributed by atoms with Gasteiger partial charge in [0.05, 0.1) is 6.54 Å². The van der Waals surface area contributed by atoms with Crippen LogP contribution in [0.2, 0.25) is 0 Å². The third-order valence-electron chi connectivity index (χ3n) is 3.12. The Labute approximate surface area is 91.2 Å². The Morgan fingerprint density at radius 2 is 2.07 bits per heavy atom. The van der Waals surface area contributed by atoms with E-state index in [0.29, 0.717) is 6.54 Å². The summed E-state index contributed by atoms with van der Waals surface area (Å²) in [6, 6.07) is 2.10. The monoisotopic (exact) mass is 208 g/mol. The van der Waals surface area contributed by atoms with Crippen molar-refractivity contribution in [3.8, 4) is 0 Å². The van der Waals surface area contributed by atoms with E-state index in [1.165, 1.54) is 32.4 Å². The van der Waals surface area contributed by atoms with Gasteiger partial charge in [0.2, 0.25) is 0 Å². The van der Waals surface area contributed by atoms with Crippen LogP contribution in [0, 0.1) is 6.92 Å². The quantitative estimate of drug-likeness (QED) is 0.826. The van der Waals surface area contributed by atoms with E-state index in [4.69, 9.17) is 10.2 Å². The number of nitrogens with two attached hydrogens (primary N) is 1. The summed E-state index contributed by atoms with van der Waals surface area (Å²) in [6.07, 6.45) is 4.02. The third-order valence-corrected chi connectivity index (χ3v) is 3.12. The topological polar surface area (TPSA) is 42.4 Å². The van der Waals surface area contributed by atoms with Crippen molar-refractivity contribution in [2.24, 2.45) is 5.73 Å². The van der Waals surface area contributed by atoms with Crippen LogP contribution in [0.25, 0.3) is 0 Å². The summed E-state index contributed by atoms with van der Waals surface area (Å²) in [4.78, 5) is 2.46. The predicted molar refractivity (Wildman–Crippen MR) is 60.5 cm³/mol. The molecule has 0 amide bonds. The lowest BCUT2D eigenvalue weighted by molar-refractivity contribution is 0.204. The Morgan fingerprint density at radius 3 is 2.67 bits per heavy atom. The number of hydrogen-bond donors (Lipinski definition) is 1. The van der Waals surface area contributed by atoms with Gasteiger partial charge >= 0.3 is 0 Å². The van der Waals surface area contributed by atoms with Crippen LogP contribution in [0.1, 0.15) is 36.3 Å². The van der Waals surface area contributed by atoms with E-state index in [-0.39, 0.29) is 0 Å². The van der Waals surface area contributed by atoms with Crippen LogP contribution >= 0.6 is 0 Å². The molecule has 1 aliphatic rings. The van der Waals surface area contributed by atoms with Gasteiger partial charge in [-0.3, -0.25) is 4.90 Å². The Bertz CT molecular complexity index is 313. The van der Waals surface area contributed by atoms with E-state index < -0.39 is 0 Å². The highest BCUT2D eigenvalue weighted by molar-refractivity contribution is 5.20. The summed E-state index contributed by atoms with van der Waals surface area (Å²) in [6.45, 7) is 5.92. The minimum absolute atomic E-state index is 0.579. The van der Waals surface area contributed by atoms with Crippen LogP contribution < -0.4 is 5.73 Å². The maximum absolute atomic E-state index is 5.69. The molecule has 3 heteroatoms. The Balaban J connectivity index is 1.97. The van der Waals surface area contributed by atoms with Crippen LogP contribution in [0.4, 0.5) is 0 Å². The number of rotatable bonds is 3. The molecule has 0 radical (unpaired) electrons. The summed E-state index contributed by atoms with van der Waals surface area (Å²) in [5.74, 6) is 2.04. The van der Waals surface area contributed by atoms with E-state index in [2.05, 4.69) is 11.0 Å². The molecule has 0 aliphatic carbocycles. The van der Waals surface area contributed by atoms with Crippen molar-refractivity contribution < 1.29 is 4.42 Å². The average molecular weight is 208 g/mol. The van der Waals surface area contributed by atoms with Gasteiger partial charge in [-0.1, -0.05) is 6.42 Å². The molecule has 84 valence electrons. The summed E-state index contributed by atoms with van der Waals surface area (Å²) < 4.78 is 5.69. The molecule has 2 N–H and O–H groups in total. The minimum Gasteiger partial charge on any atom is -0.465 e. The van der Waals surface area contributed by atoms with E-state index in [1.807, 2.05) is 6.92 Å². The number of likely N-dealkylation sites (tertiary alicyclic amines) is 1. The Kier molecular flexibility index (Phi) is 3.44. The normalized spacial score (nSPS) is 18.3. The fourth-order valence-electron chi connectivity index (χ4n) is 2.21. The Hall–Kier alpha value is -0.800. The van der Waals surface area contributed by atoms with Gasteiger partial charge in [0.1, 0.15) is 11.5 Å². The minimum atomic E-state index is 0.579. The van der Waals surface area contributed by atoms with E-state index >= 15 is 0 Å². The summed E-state index contributed by atoms with van der Waals surface area (Å²) in [5, 5.41) is 0. The third kappa shape index (κ3) is 2.61. The van der Waals surface area contributed by atoms with Crippen LogP contribution in [0.5, 0.6) is 0 Å². The van der Waals surface area contributed by atoms with Crippen molar-refractivity contribution >= 4 is 0 Å². The number of aryl methyl sites for hydroxylation is 1. The van der Waals surface area contributed by atoms with Crippen molar-refractivity contribution in [2.75, 3.05) is 13.1 Å². The number of hydrogen-bond acceptors (Lipinski definition) is 3. The van der Waals surface area contributed by atoms with Crippen molar-refractivity contribution in [3.63, 3.8) is 0 Å². The SMILES string of the molecule is Cc1oc(CN2CCCCC2)cc1CN. The maximum Gasteiger partial charge on any atom is 0.118 e. The van der Waals surface area contributed by atoms with Crippen LogP contribution in [0.15, 0.2) is 10.5 Å². The molecule has 0 atom stereocenters. The Morgan fingerprint density at radius 1 is 1.33 bits per heavy atom. The van der Waals surface area contributed by atoms with Gasteiger partial charge in [-0.2, -0.15) is 0 Å². The van der Waals surface area contributed by atoms with Gasteiger partial charge in [-0.05, 0) is 38.9 Å². The maximum atomic E-state index is 5.69. The molecule has 0 unspecified atom stereocenters. The van der Waals surface area contributed by atoms with Crippen molar-refractivity contribution in [2.45, 2.75) is 39.3 Å². The molecular weight excluding hydrogens is 188 g/mol. The molecule has 1 fully saturated rings. The highest BCUT2D eigenvalue weighted by Gasteiger charge is 2.13. The fraction of sp³-hybridized carbons (Fsp3) is 0.667. The molecule has 1 saturated heterocycles. The van der Waals surface area contributed by atoms with Gasteiger partial charge in [0.15, 0.2) is 0 Å². The zero-order chi connectivity index (χ0) is 10.7. The molecular formula is C12H20N2O. The molecule has 1 aromatic rings. The van der Waals surface area contributed by atoms with Crippen LogP contribution in [0.3, 0.4) is 0 Å². The smallest absolute Gasteiger partial charge is 0.118 e. The fourth-order valence-corrected chi connectivity index (χ4v) is 2.21. The largest absolute Gasteiger partial charge is 0.465 e. The molecule has 15 heavy (non-hydrogen) atoms. The first-order valence-corrected chi connectivity index (χ1v) is 5.80. The predicted octanol–water partition coefficient (Wildman–Crippen LogP) is 2.03. The summed E-state index contributed by atoms with van der Waals surface area (Å²) >= 11 is 0. The van der Waals surface area contributed by atoms with Gasteiger partial charge in [-0.25, -0.2) is 0 Å². The second-order valence-electron chi connectivity index (χ2n) is 4.34. The highest BCUT2D eigenvalue weighted by atomic mass is 16.3. The second kappa shape index (κ2) is 4.81.